The van der Waals surface area contributed by atoms with Crippen LogP contribution in [-0.4, -0.2) is 111 Å². The van der Waals surface area contributed by atoms with Crippen molar-refractivity contribution in [1.29, 1.82) is 0 Å². The molecule has 0 bridgehead atoms. The number of esters is 2. The van der Waals surface area contributed by atoms with Gasteiger partial charge >= 0.3 is 27.6 Å². The lowest BCUT2D eigenvalue weighted by Crippen LogP contribution is -2.30. The van der Waals surface area contributed by atoms with Gasteiger partial charge in [0, 0.05) is 38.9 Å². The van der Waals surface area contributed by atoms with Gasteiger partial charge in [0.1, 0.15) is 31.4 Å². The second-order valence-corrected chi connectivity index (χ2v) is 29.1. The fourth-order valence-electron chi connectivity index (χ4n) is 10.6. The monoisotopic (exact) mass is 1420 g/mol. The molecular weight excluding hydrogens is 1280 g/mol. The molecule has 0 radical (unpaired) electrons. The number of phosphoric acid groups is 2. The molecule has 17 nitrogen and oxygen atoms in total. The Labute approximate surface area is 596 Å². The summed E-state index contributed by atoms with van der Waals surface area (Å²) >= 11 is 0. The average Bonchev–Trinajstić information content (AvgIpc) is 1.12. The second-order valence-electron chi connectivity index (χ2n) is 26.2. The van der Waals surface area contributed by atoms with Crippen LogP contribution in [0, 0.1) is 0 Å². The highest BCUT2D eigenvalue weighted by Gasteiger charge is 2.30. The first-order valence-electron chi connectivity index (χ1n) is 39.1. The maximum Gasteiger partial charge on any atom is 0.472 e. The van der Waals surface area contributed by atoms with Gasteiger partial charge in [0.2, 0.25) is 0 Å². The number of rotatable bonds is 78. The lowest BCUT2D eigenvalue weighted by molar-refractivity contribution is -0.161. The molecule has 0 aliphatic carbocycles. The van der Waals surface area contributed by atoms with Gasteiger partial charge in [0.15, 0.2) is 6.10 Å². The number of ether oxygens (including phenoxy) is 4. The number of hydrogen-bond donors (Lipinski definition) is 3. The number of phosphoric ester groups is 2. The van der Waals surface area contributed by atoms with Crippen LogP contribution in [0.1, 0.15) is 335 Å². The van der Waals surface area contributed by atoms with Gasteiger partial charge in [-0.3, -0.25) is 27.7 Å². The molecule has 0 aliphatic rings. The smallest absolute Gasteiger partial charge is 0.462 e. The number of aliphatic hydroxyl groups is 1. The third-order valence-corrected chi connectivity index (χ3v) is 18.6. The van der Waals surface area contributed by atoms with Crippen LogP contribution in [0.4, 0.5) is 0 Å². The fourth-order valence-corrected chi connectivity index (χ4v) is 12.2. The Morgan fingerprint density at radius 1 is 0.337 bits per heavy atom. The number of aliphatic hydroxyl groups excluding tert-OH is 1. The number of carbonyl (C=O) groups is 4. The highest BCUT2D eigenvalue weighted by molar-refractivity contribution is 7.47. The lowest BCUT2D eigenvalue weighted by Gasteiger charge is -2.21. The lowest BCUT2D eigenvalue weighted by atomic mass is 10.1. The van der Waals surface area contributed by atoms with Gasteiger partial charge in [-0.1, -0.05) is 228 Å². The molecule has 0 aromatic heterocycles. The van der Waals surface area contributed by atoms with E-state index in [1.54, 1.807) is 0 Å². The molecule has 2 unspecified atom stereocenters. The van der Waals surface area contributed by atoms with Gasteiger partial charge < -0.3 is 43.4 Å². The minimum atomic E-state index is -4.92. The topological polar surface area (TPSA) is 237 Å². The fraction of sp³-hybridized carbons (Fsp3) is 0.797. The van der Waals surface area contributed by atoms with Crippen molar-refractivity contribution >= 4 is 40.2 Å². The van der Waals surface area contributed by atoms with Crippen molar-refractivity contribution in [2.45, 2.75) is 353 Å². The highest BCUT2D eigenvalue weighted by atomic mass is 31.2. The van der Waals surface area contributed by atoms with Crippen LogP contribution < -0.4 is 0 Å². The molecule has 570 valence electrons. The molecule has 19 heteroatoms. The summed E-state index contributed by atoms with van der Waals surface area (Å²) in [5, 5.41) is 10.6. The maximum absolute atomic E-state index is 13.1. The molecule has 0 heterocycles. The third kappa shape index (κ3) is 74.0. The first kappa shape index (κ1) is 94.8. The molecule has 98 heavy (non-hydrogen) atoms. The van der Waals surface area contributed by atoms with Crippen LogP contribution in [0.15, 0.2) is 72.9 Å². The summed E-state index contributed by atoms with van der Waals surface area (Å²) in [6.45, 7) is 2.45. The van der Waals surface area contributed by atoms with E-state index >= 15 is 0 Å². The van der Waals surface area contributed by atoms with Crippen LogP contribution in [0.2, 0.25) is 0 Å². The molecule has 0 rings (SSSR count). The molecule has 0 fully saturated rings. The van der Waals surface area contributed by atoms with Gasteiger partial charge in [0.05, 0.1) is 33.0 Å². The zero-order valence-corrected chi connectivity index (χ0v) is 63.6. The molecular formula is C79H142O17P2. The van der Waals surface area contributed by atoms with Gasteiger partial charge in [-0.2, -0.15) is 0 Å². The van der Waals surface area contributed by atoms with Gasteiger partial charge in [-0.05, 0) is 154 Å². The maximum atomic E-state index is 13.1. The Kier molecular flexibility index (Phi) is 72.6. The van der Waals surface area contributed by atoms with Crippen LogP contribution >= 0.6 is 15.6 Å². The number of hydrogen-bond acceptors (Lipinski definition) is 15. The Bertz CT molecular complexity index is 2080. The van der Waals surface area contributed by atoms with Crippen molar-refractivity contribution in [2.75, 3.05) is 52.9 Å². The van der Waals surface area contributed by atoms with Crippen molar-refractivity contribution < 1.29 is 80.2 Å². The SMILES string of the molecule is CCCCC/C=C\C/C=C\CCCCCCCC(=O)OC[C@H](COP(=O)(O)OC[C@H](O)COP(=O)(O)OC[C@@H](COCCCCCCCCC/C=C\CCCCCCC=O)OCCCCCCC/C=C\CCCCCCC=O)OC(=O)CCCCCCC/C=C\C/C=C\CCCCC. The summed E-state index contributed by atoms with van der Waals surface area (Å²) in [5.41, 5.74) is 0. The molecule has 0 aromatic rings. The summed E-state index contributed by atoms with van der Waals surface area (Å²) in [5.74, 6) is -1.06. The van der Waals surface area contributed by atoms with Crippen LogP contribution in [-0.2, 0) is 65.4 Å². The summed E-state index contributed by atoms with van der Waals surface area (Å²) in [4.78, 5) is 68.0. The summed E-state index contributed by atoms with van der Waals surface area (Å²) < 4.78 is 69.9. The van der Waals surface area contributed by atoms with Crippen LogP contribution in [0.3, 0.4) is 0 Å². The number of carbonyl (C=O) groups excluding carboxylic acids is 4. The minimum Gasteiger partial charge on any atom is -0.462 e. The molecule has 3 N–H and O–H groups in total. The van der Waals surface area contributed by atoms with Crippen molar-refractivity contribution in [3.8, 4) is 0 Å². The van der Waals surface area contributed by atoms with E-state index in [1.165, 1.54) is 77.0 Å². The zero-order chi connectivity index (χ0) is 71.5. The molecule has 0 saturated carbocycles. The van der Waals surface area contributed by atoms with Crippen molar-refractivity contribution in [3.05, 3.63) is 72.9 Å². The van der Waals surface area contributed by atoms with E-state index in [4.69, 9.17) is 37.0 Å². The summed E-state index contributed by atoms with van der Waals surface area (Å²) in [6, 6.07) is 0. The largest absolute Gasteiger partial charge is 0.472 e. The Balaban J connectivity index is 5.22. The van der Waals surface area contributed by atoms with Crippen LogP contribution in [0.5, 0.6) is 0 Å². The molecule has 0 spiro atoms. The third-order valence-electron chi connectivity index (χ3n) is 16.6. The highest BCUT2D eigenvalue weighted by Crippen LogP contribution is 2.45. The number of aldehydes is 2. The summed E-state index contributed by atoms with van der Waals surface area (Å²) in [6.07, 6.45) is 75.7. The van der Waals surface area contributed by atoms with E-state index < -0.39 is 72.3 Å². The van der Waals surface area contributed by atoms with E-state index in [2.05, 4.69) is 86.8 Å². The second kappa shape index (κ2) is 75.0. The Morgan fingerprint density at radius 3 is 1.03 bits per heavy atom. The normalized spacial score (nSPS) is 14.4. The Hall–Kier alpha value is -3.18. The van der Waals surface area contributed by atoms with E-state index in [1.807, 2.05) is 0 Å². The van der Waals surface area contributed by atoms with Crippen LogP contribution in [0.25, 0.3) is 0 Å². The molecule has 5 atom stereocenters. The number of allylic oxidation sites excluding steroid dienone is 12. The first-order valence-corrected chi connectivity index (χ1v) is 42.1. The quantitative estimate of drug-likeness (QED) is 0.0169. The van der Waals surface area contributed by atoms with E-state index in [9.17, 15) is 43.2 Å². The molecule has 0 aromatic carbocycles. The molecule has 0 saturated heterocycles. The zero-order valence-electron chi connectivity index (χ0n) is 61.8. The standard InChI is InChI=1S/C79H142O17P2/c1-3-5-7-9-11-13-15-17-21-27-33-39-45-51-57-63-78(83)91-72-77(96-79(84)64-58-52-46-40-34-28-22-18-16-14-12-10-8-6-4-2)74-95-98(87,88)93-70-75(82)69-92-97(85,86)94-73-76(90-68-62-56-50-44-38-32-26-24-30-36-42-48-54-60-66-81)71-89-67-61-55-49-43-37-31-25-20-19-23-29-35-41-47-53-59-65-80/h11-14,17-19,21-24,26,65-66,75-77,82H,3-10,15-16,20,25,27-64,67-74H2,1-2H3,(H,85,86)(H,87,88)/b13-11-,14-12-,21-17-,22-18-,23-19-,26-24-/t75-,76-,77-/m1/s1. The first-order chi connectivity index (χ1) is 47.9. The van der Waals surface area contributed by atoms with E-state index in [0.717, 1.165) is 218 Å². The predicted octanol–water partition coefficient (Wildman–Crippen LogP) is 21.8. The van der Waals surface area contributed by atoms with E-state index in [0.29, 0.717) is 38.9 Å². The number of unbranched alkanes of at least 4 members (excludes halogenated alkanes) is 38. The van der Waals surface area contributed by atoms with Crippen molar-refractivity contribution in [2.24, 2.45) is 0 Å². The summed E-state index contributed by atoms with van der Waals surface area (Å²) in [7, 11) is -9.69. The van der Waals surface area contributed by atoms with Gasteiger partial charge in [-0.15, -0.1) is 0 Å². The molecule has 0 amide bonds. The van der Waals surface area contributed by atoms with E-state index in [-0.39, 0.29) is 26.1 Å². The minimum absolute atomic E-state index is 0.0990. The molecule has 0 aliphatic heterocycles. The van der Waals surface area contributed by atoms with Crippen molar-refractivity contribution in [3.63, 3.8) is 0 Å². The Morgan fingerprint density at radius 2 is 0.643 bits per heavy atom. The van der Waals surface area contributed by atoms with Gasteiger partial charge in [0.25, 0.3) is 0 Å². The average molecular weight is 1430 g/mol. The predicted molar refractivity (Wildman–Crippen MR) is 400 cm³/mol. The van der Waals surface area contributed by atoms with Gasteiger partial charge in [-0.25, -0.2) is 9.13 Å². The van der Waals surface area contributed by atoms with Crippen molar-refractivity contribution in [1.82, 2.24) is 0 Å².